The molecule has 1 aromatic heterocycles. The zero-order valence-corrected chi connectivity index (χ0v) is 12.9. The number of carbonyl (C=O) groups is 1. The lowest BCUT2D eigenvalue weighted by molar-refractivity contribution is 0.0946. The normalized spacial score (nSPS) is 14.1. The van der Waals surface area contributed by atoms with Crippen LogP contribution in [0.3, 0.4) is 0 Å². The Kier molecular flexibility index (Phi) is 4.37. The summed E-state index contributed by atoms with van der Waals surface area (Å²) in [5, 5.41) is 2.93. The minimum absolute atomic E-state index is 0.123. The van der Waals surface area contributed by atoms with Crippen LogP contribution in [0, 0.1) is 6.92 Å². The van der Waals surface area contributed by atoms with Crippen molar-refractivity contribution in [2.24, 2.45) is 0 Å². The van der Waals surface area contributed by atoms with Crippen LogP contribution in [-0.4, -0.2) is 24.0 Å². The van der Waals surface area contributed by atoms with E-state index < -0.39 is 0 Å². The van der Waals surface area contributed by atoms with E-state index in [9.17, 15) is 4.79 Å². The fourth-order valence-electron chi connectivity index (χ4n) is 2.65. The van der Waals surface area contributed by atoms with E-state index in [-0.39, 0.29) is 5.91 Å². The third-order valence-electron chi connectivity index (χ3n) is 3.97. The molecule has 0 aliphatic carbocycles. The quantitative estimate of drug-likeness (QED) is 0.943. The van der Waals surface area contributed by atoms with E-state index in [4.69, 9.17) is 0 Å². The number of carbonyl (C=O) groups excluding carboxylic acids is 1. The number of aryl methyl sites for hydroxylation is 1. The molecule has 0 atom stereocenters. The van der Waals surface area contributed by atoms with Gasteiger partial charge in [0.15, 0.2) is 0 Å². The predicted octanol–water partition coefficient (Wildman–Crippen LogP) is 2.92. The zero-order chi connectivity index (χ0) is 15.4. The van der Waals surface area contributed by atoms with E-state index in [2.05, 4.69) is 22.1 Å². The molecule has 0 bridgehead atoms. The van der Waals surface area contributed by atoms with Crippen molar-refractivity contribution in [1.82, 2.24) is 10.3 Å². The van der Waals surface area contributed by atoms with Crippen LogP contribution >= 0.6 is 0 Å². The summed E-state index contributed by atoms with van der Waals surface area (Å²) in [5.74, 6) is 0.780. The molecule has 1 aliphatic heterocycles. The molecule has 3 rings (SSSR count). The van der Waals surface area contributed by atoms with Gasteiger partial charge in [-0.15, -0.1) is 0 Å². The highest BCUT2D eigenvalue weighted by Crippen LogP contribution is 2.17. The van der Waals surface area contributed by atoms with E-state index in [1.165, 1.54) is 18.4 Å². The summed E-state index contributed by atoms with van der Waals surface area (Å²) in [4.78, 5) is 19.0. The molecule has 2 aromatic rings. The second-order valence-corrected chi connectivity index (χ2v) is 5.74. The molecule has 1 N–H and O–H groups in total. The Morgan fingerprint density at radius 2 is 1.86 bits per heavy atom. The molecule has 0 unspecified atom stereocenters. The van der Waals surface area contributed by atoms with Gasteiger partial charge < -0.3 is 10.2 Å². The average Bonchev–Trinajstić information content (AvgIpc) is 3.09. The van der Waals surface area contributed by atoms with Crippen molar-refractivity contribution in [2.75, 3.05) is 18.0 Å². The van der Waals surface area contributed by atoms with Crippen molar-refractivity contribution in [2.45, 2.75) is 26.3 Å². The third-order valence-corrected chi connectivity index (χ3v) is 3.97. The summed E-state index contributed by atoms with van der Waals surface area (Å²) < 4.78 is 0. The zero-order valence-electron chi connectivity index (χ0n) is 12.9. The summed E-state index contributed by atoms with van der Waals surface area (Å²) in [6, 6.07) is 13.8. The molecular weight excluding hydrogens is 274 g/mol. The number of benzene rings is 1. The van der Waals surface area contributed by atoms with Gasteiger partial charge in [0.05, 0.1) is 0 Å². The molecule has 4 heteroatoms. The molecule has 1 fully saturated rings. The van der Waals surface area contributed by atoms with E-state index in [1.54, 1.807) is 6.07 Å². The van der Waals surface area contributed by atoms with Crippen LogP contribution in [0.4, 0.5) is 5.82 Å². The van der Waals surface area contributed by atoms with E-state index >= 15 is 0 Å². The SMILES string of the molecule is Cc1ccc(CNC(=O)c2cccc(N3CCCC3)n2)cc1. The molecule has 2 heterocycles. The summed E-state index contributed by atoms with van der Waals surface area (Å²) in [7, 11) is 0. The summed E-state index contributed by atoms with van der Waals surface area (Å²) in [5.41, 5.74) is 2.79. The van der Waals surface area contributed by atoms with Crippen molar-refractivity contribution in [3.8, 4) is 0 Å². The highest BCUT2D eigenvalue weighted by molar-refractivity contribution is 5.92. The minimum Gasteiger partial charge on any atom is -0.357 e. The smallest absolute Gasteiger partial charge is 0.270 e. The molecule has 0 radical (unpaired) electrons. The van der Waals surface area contributed by atoms with Crippen LogP contribution < -0.4 is 10.2 Å². The average molecular weight is 295 g/mol. The highest BCUT2D eigenvalue weighted by Gasteiger charge is 2.15. The Morgan fingerprint density at radius 3 is 2.59 bits per heavy atom. The van der Waals surface area contributed by atoms with Crippen LogP contribution in [0.15, 0.2) is 42.5 Å². The standard InChI is InChI=1S/C18H21N3O/c1-14-7-9-15(10-8-14)13-19-18(22)16-5-4-6-17(20-16)21-11-2-3-12-21/h4-10H,2-3,11-13H2,1H3,(H,19,22). The van der Waals surface area contributed by atoms with Gasteiger partial charge in [0.2, 0.25) is 0 Å². The largest absolute Gasteiger partial charge is 0.357 e. The fourth-order valence-corrected chi connectivity index (χ4v) is 2.65. The van der Waals surface area contributed by atoms with Crippen molar-refractivity contribution in [1.29, 1.82) is 0 Å². The van der Waals surface area contributed by atoms with Crippen molar-refractivity contribution in [3.63, 3.8) is 0 Å². The summed E-state index contributed by atoms with van der Waals surface area (Å²) in [6.45, 7) is 4.63. The second-order valence-electron chi connectivity index (χ2n) is 5.74. The first kappa shape index (κ1) is 14.6. The first-order valence-corrected chi connectivity index (χ1v) is 7.78. The second kappa shape index (κ2) is 6.60. The van der Waals surface area contributed by atoms with Crippen LogP contribution in [0.1, 0.15) is 34.5 Å². The van der Waals surface area contributed by atoms with Gasteiger partial charge in [0.25, 0.3) is 5.91 Å². The Hall–Kier alpha value is -2.36. The van der Waals surface area contributed by atoms with Gasteiger partial charge >= 0.3 is 0 Å². The highest BCUT2D eigenvalue weighted by atomic mass is 16.1. The number of hydrogen-bond acceptors (Lipinski definition) is 3. The van der Waals surface area contributed by atoms with Crippen LogP contribution in [0.2, 0.25) is 0 Å². The topological polar surface area (TPSA) is 45.2 Å². The minimum atomic E-state index is -0.123. The summed E-state index contributed by atoms with van der Waals surface area (Å²) in [6.07, 6.45) is 2.40. The lowest BCUT2D eigenvalue weighted by Crippen LogP contribution is -2.25. The predicted molar refractivity (Wildman–Crippen MR) is 88.0 cm³/mol. The van der Waals surface area contributed by atoms with E-state index in [0.29, 0.717) is 12.2 Å². The number of pyridine rings is 1. The first-order chi connectivity index (χ1) is 10.7. The number of nitrogens with one attached hydrogen (secondary N) is 1. The van der Waals surface area contributed by atoms with Gasteiger partial charge in [-0.2, -0.15) is 0 Å². The number of anilines is 1. The lowest BCUT2D eigenvalue weighted by atomic mass is 10.1. The van der Waals surface area contributed by atoms with Gasteiger partial charge in [-0.1, -0.05) is 35.9 Å². The Morgan fingerprint density at radius 1 is 1.14 bits per heavy atom. The molecule has 1 aliphatic rings. The Labute approximate surface area is 131 Å². The van der Waals surface area contributed by atoms with Gasteiger partial charge in [0, 0.05) is 19.6 Å². The maximum absolute atomic E-state index is 12.3. The Balaban J connectivity index is 1.64. The molecule has 0 saturated carbocycles. The van der Waals surface area contributed by atoms with E-state index in [0.717, 1.165) is 24.5 Å². The third kappa shape index (κ3) is 3.45. The Bertz CT molecular complexity index is 646. The molecule has 0 spiro atoms. The van der Waals surface area contributed by atoms with Gasteiger partial charge in [-0.3, -0.25) is 4.79 Å². The van der Waals surface area contributed by atoms with Gasteiger partial charge in [-0.05, 0) is 37.5 Å². The number of aromatic nitrogens is 1. The summed E-state index contributed by atoms with van der Waals surface area (Å²) >= 11 is 0. The first-order valence-electron chi connectivity index (χ1n) is 7.78. The number of rotatable bonds is 4. The van der Waals surface area contributed by atoms with Gasteiger partial charge in [-0.25, -0.2) is 4.98 Å². The van der Waals surface area contributed by atoms with Crippen molar-refractivity contribution in [3.05, 3.63) is 59.3 Å². The molecule has 1 saturated heterocycles. The molecule has 1 aromatic carbocycles. The lowest BCUT2D eigenvalue weighted by Gasteiger charge is -2.16. The monoisotopic (exact) mass is 295 g/mol. The molecule has 114 valence electrons. The molecule has 4 nitrogen and oxygen atoms in total. The van der Waals surface area contributed by atoms with Crippen LogP contribution in [0.25, 0.3) is 0 Å². The van der Waals surface area contributed by atoms with Crippen LogP contribution in [-0.2, 0) is 6.54 Å². The number of nitrogens with zero attached hydrogens (tertiary/aromatic N) is 2. The maximum Gasteiger partial charge on any atom is 0.270 e. The van der Waals surface area contributed by atoms with Crippen LogP contribution in [0.5, 0.6) is 0 Å². The van der Waals surface area contributed by atoms with Crippen molar-refractivity contribution < 1.29 is 4.79 Å². The van der Waals surface area contributed by atoms with Gasteiger partial charge in [0.1, 0.15) is 11.5 Å². The molecule has 1 amide bonds. The molecular formula is C18H21N3O. The van der Waals surface area contributed by atoms with E-state index in [1.807, 2.05) is 36.4 Å². The maximum atomic E-state index is 12.3. The van der Waals surface area contributed by atoms with Crippen molar-refractivity contribution >= 4 is 11.7 Å². The molecule has 22 heavy (non-hydrogen) atoms. The number of hydrogen-bond donors (Lipinski definition) is 1. The number of amides is 1. The fraction of sp³-hybridized carbons (Fsp3) is 0.333.